The molecule has 0 aromatic carbocycles. The number of rotatable bonds is 2. The number of allylic oxidation sites excluding steroid dienone is 2. The number of halogens is 1. The summed E-state index contributed by atoms with van der Waals surface area (Å²) in [6.07, 6.45) is 1.79. The van der Waals surface area contributed by atoms with Crippen LogP contribution in [0.5, 0.6) is 0 Å². The smallest absolute Gasteiger partial charge is 0.249 e. The highest BCUT2D eigenvalue weighted by atomic mass is 79.9. The molecule has 0 radical (unpaired) electrons. The van der Waals surface area contributed by atoms with Crippen molar-refractivity contribution in [1.82, 2.24) is 5.32 Å². The van der Waals surface area contributed by atoms with E-state index in [9.17, 15) is 14.7 Å². The Balaban J connectivity index is 2.68. The van der Waals surface area contributed by atoms with Gasteiger partial charge in [-0.3, -0.25) is 9.59 Å². The average Bonchev–Trinajstić information content (AvgIpc) is 2.36. The van der Waals surface area contributed by atoms with Gasteiger partial charge < -0.3 is 10.4 Å². The molecule has 1 aliphatic carbocycles. The zero-order chi connectivity index (χ0) is 9.84. The molecule has 0 spiro atoms. The van der Waals surface area contributed by atoms with Crippen LogP contribution >= 0.6 is 15.9 Å². The number of ketones is 1. The Labute approximate surface area is 83.4 Å². The third-order valence-electron chi connectivity index (χ3n) is 1.62. The largest absolute Gasteiger partial charge is 0.510 e. The molecule has 0 atom stereocenters. The molecule has 13 heavy (non-hydrogen) atoms. The number of carbonyl (C=O) groups excluding carboxylic acids is 2. The third kappa shape index (κ3) is 2.42. The molecular formula is C8H8BrNO3. The molecule has 1 aliphatic rings. The molecule has 1 rings (SSSR count). The number of Topliss-reactive ketones (excluding diaryl/α,β-unsaturated/α-hetero) is 1. The van der Waals surface area contributed by atoms with Crippen molar-refractivity contribution in [2.24, 2.45) is 0 Å². The van der Waals surface area contributed by atoms with Crippen molar-refractivity contribution in [2.75, 3.05) is 0 Å². The van der Waals surface area contributed by atoms with Crippen molar-refractivity contribution < 1.29 is 14.7 Å². The standard InChI is InChI=1S/C8H8BrNO3/c9-4-3-7(13)10-8-5(11)1-2-6(8)12/h3-4,11H,1-2H2,(H,10,13)/b4-3+. The predicted molar refractivity (Wildman–Crippen MR) is 50.1 cm³/mol. The number of aliphatic hydroxyl groups excluding tert-OH is 1. The summed E-state index contributed by atoms with van der Waals surface area (Å²) < 4.78 is 0. The predicted octanol–water partition coefficient (Wildman–Crippen LogP) is 1.14. The number of aliphatic hydroxyl groups is 1. The fourth-order valence-corrected chi connectivity index (χ4v) is 1.25. The van der Waals surface area contributed by atoms with Crippen molar-refractivity contribution in [2.45, 2.75) is 12.8 Å². The van der Waals surface area contributed by atoms with Gasteiger partial charge in [-0.05, 0) is 4.99 Å². The molecule has 1 amide bonds. The number of amides is 1. The van der Waals surface area contributed by atoms with Crippen LogP contribution in [-0.4, -0.2) is 16.8 Å². The zero-order valence-electron chi connectivity index (χ0n) is 6.71. The monoisotopic (exact) mass is 245 g/mol. The summed E-state index contributed by atoms with van der Waals surface area (Å²) in [4.78, 5) is 23.4. The van der Waals surface area contributed by atoms with Gasteiger partial charge in [-0.25, -0.2) is 0 Å². The van der Waals surface area contributed by atoms with Gasteiger partial charge in [0.2, 0.25) is 5.91 Å². The SMILES string of the molecule is O=C(/C=C/Br)NC1=C(O)CCC1=O. The molecule has 0 aliphatic heterocycles. The average molecular weight is 246 g/mol. The van der Waals surface area contributed by atoms with Crippen LogP contribution in [0.15, 0.2) is 22.5 Å². The summed E-state index contributed by atoms with van der Waals surface area (Å²) in [5.41, 5.74) is 0.0237. The first-order chi connectivity index (χ1) is 6.15. The first kappa shape index (κ1) is 9.98. The lowest BCUT2D eigenvalue weighted by Gasteiger charge is -2.00. The molecule has 0 saturated heterocycles. The Hall–Kier alpha value is -1.10. The highest BCUT2D eigenvalue weighted by Crippen LogP contribution is 2.17. The Morgan fingerprint density at radius 3 is 2.69 bits per heavy atom. The number of nitrogens with one attached hydrogen (secondary N) is 1. The molecule has 0 saturated carbocycles. The van der Waals surface area contributed by atoms with Gasteiger partial charge in [0.15, 0.2) is 5.78 Å². The number of hydrogen-bond acceptors (Lipinski definition) is 3. The molecule has 0 aromatic rings. The van der Waals surface area contributed by atoms with E-state index < -0.39 is 5.91 Å². The van der Waals surface area contributed by atoms with E-state index in [0.29, 0.717) is 6.42 Å². The van der Waals surface area contributed by atoms with Gasteiger partial charge in [0.25, 0.3) is 0 Å². The van der Waals surface area contributed by atoms with Crippen molar-refractivity contribution in [3.05, 3.63) is 22.5 Å². The first-order valence-corrected chi connectivity index (χ1v) is 4.59. The fraction of sp³-hybridized carbons (Fsp3) is 0.250. The summed E-state index contributed by atoms with van der Waals surface area (Å²) in [6, 6.07) is 0. The second kappa shape index (κ2) is 4.23. The Kier molecular flexibility index (Phi) is 3.25. The van der Waals surface area contributed by atoms with Crippen LogP contribution in [0, 0.1) is 0 Å². The lowest BCUT2D eigenvalue weighted by molar-refractivity contribution is -0.119. The van der Waals surface area contributed by atoms with E-state index >= 15 is 0 Å². The van der Waals surface area contributed by atoms with E-state index in [0.717, 1.165) is 0 Å². The van der Waals surface area contributed by atoms with Crippen LogP contribution in [0.2, 0.25) is 0 Å². The Bertz CT molecular complexity index is 307. The maximum atomic E-state index is 11.1. The summed E-state index contributed by atoms with van der Waals surface area (Å²) in [5.74, 6) is -0.705. The molecular weight excluding hydrogens is 238 g/mol. The maximum absolute atomic E-state index is 11.1. The highest BCUT2D eigenvalue weighted by molar-refractivity contribution is 9.11. The van der Waals surface area contributed by atoms with E-state index in [1.807, 2.05) is 0 Å². The van der Waals surface area contributed by atoms with Crippen LogP contribution < -0.4 is 5.32 Å². The molecule has 0 fully saturated rings. The summed E-state index contributed by atoms with van der Waals surface area (Å²) in [6.45, 7) is 0. The van der Waals surface area contributed by atoms with Gasteiger partial charge in [0.1, 0.15) is 11.5 Å². The van der Waals surface area contributed by atoms with E-state index in [1.165, 1.54) is 11.1 Å². The van der Waals surface area contributed by atoms with Crippen LogP contribution in [-0.2, 0) is 9.59 Å². The van der Waals surface area contributed by atoms with Crippen molar-refractivity contribution in [1.29, 1.82) is 0 Å². The Morgan fingerprint density at radius 2 is 2.23 bits per heavy atom. The summed E-state index contributed by atoms with van der Waals surface area (Å²) in [5, 5.41) is 11.5. The van der Waals surface area contributed by atoms with Gasteiger partial charge >= 0.3 is 0 Å². The van der Waals surface area contributed by atoms with Crippen molar-refractivity contribution >= 4 is 27.6 Å². The minimum Gasteiger partial charge on any atom is -0.510 e. The Morgan fingerprint density at radius 1 is 1.54 bits per heavy atom. The normalized spacial score (nSPS) is 17.2. The fourth-order valence-electron chi connectivity index (χ4n) is 1.01. The van der Waals surface area contributed by atoms with Gasteiger partial charge in [-0.1, -0.05) is 15.9 Å². The number of hydrogen-bond donors (Lipinski definition) is 2. The highest BCUT2D eigenvalue weighted by Gasteiger charge is 2.23. The third-order valence-corrected chi connectivity index (χ3v) is 1.88. The van der Waals surface area contributed by atoms with Gasteiger partial charge in [-0.2, -0.15) is 0 Å². The van der Waals surface area contributed by atoms with Crippen LogP contribution in [0.1, 0.15) is 12.8 Å². The summed E-state index contributed by atoms with van der Waals surface area (Å²) >= 11 is 2.92. The van der Waals surface area contributed by atoms with Crippen LogP contribution in [0.25, 0.3) is 0 Å². The van der Waals surface area contributed by atoms with E-state index in [4.69, 9.17) is 0 Å². The quantitative estimate of drug-likeness (QED) is 0.718. The zero-order valence-corrected chi connectivity index (χ0v) is 8.30. The molecule has 0 aromatic heterocycles. The molecule has 0 heterocycles. The van der Waals surface area contributed by atoms with Crippen molar-refractivity contribution in [3.8, 4) is 0 Å². The first-order valence-electron chi connectivity index (χ1n) is 3.68. The second-order valence-electron chi connectivity index (χ2n) is 2.53. The van der Waals surface area contributed by atoms with Gasteiger partial charge in [0.05, 0.1) is 0 Å². The van der Waals surface area contributed by atoms with E-state index in [1.54, 1.807) is 0 Å². The minimum atomic E-state index is -0.436. The topological polar surface area (TPSA) is 66.4 Å². The molecule has 0 bridgehead atoms. The van der Waals surface area contributed by atoms with Crippen LogP contribution in [0.3, 0.4) is 0 Å². The lowest BCUT2D eigenvalue weighted by atomic mass is 10.3. The van der Waals surface area contributed by atoms with E-state index in [2.05, 4.69) is 21.2 Å². The molecule has 4 nitrogen and oxygen atoms in total. The maximum Gasteiger partial charge on any atom is 0.249 e. The van der Waals surface area contributed by atoms with Crippen LogP contribution in [0.4, 0.5) is 0 Å². The summed E-state index contributed by atoms with van der Waals surface area (Å²) in [7, 11) is 0. The number of carbonyl (C=O) groups is 2. The van der Waals surface area contributed by atoms with Gasteiger partial charge in [-0.15, -0.1) is 0 Å². The second-order valence-corrected chi connectivity index (χ2v) is 3.06. The molecule has 0 unspecified atom stereocenters. The van der Waals surface area contributed by atoms with E-state index in [-0.39, 0.29) is 23.7 Å². The molecule has 5 heteroatoms. The van der Waals surface area contributed by atoms with Crippen molar-refractivity contribution in [3.63, 3.8) is 0 Å². The van der Waals surface area contributed by atoms with Gasteiger partial charge in [0, 0.05) is 18.9 Å². The molecule has 2 N–H and O–H groups in total. The molecule has 70 valence electrons. The minimum absolute atomic E-state index is 0.0237. The lowest BCUT2D eigenvalue weighted by Crippen LogP contribution is -2.24.